The van der Waals surface area contributed by atoms with Crippen molar-refractivity contribution >= 4 is 45.3 Å². The first-order valence-electron chi connectivity index (χ1n) is 12.3. The lowest BCUT2D eigenvalue weighted by Gasteiger charge is -2.24. The van der Waals surface area contributed by atoms with Crippen LogP contribution >= 0.6 is 27.3 Å². The van der Waals surface area contributed by atoms with Crippen LogP contribution in [-0.2, 0) is 36.6 Å². The molecule has 1 aromatic rings. The minimum atomic E-state index is -0.843. The Morgan fingerprint density at radius 1 is 1.27 bits per heavy atom. The Balaban J connectivity index is 2.25. The van der Waals surface area contributed by atoms with Crippen molar-refractivity contribution in [3.63, 3.8) is 0 Å². The highest BCUT2D eigenvalue weighted by Crippen LogP contribution is 2.19. The zero-order valence-corrected chi connectivity index (χ0v) is 24.7. The summed E-state index contributed by atoms with van der Waals surface area (Å²) in [5.74, 6) is -0.966. The summed E-state index contributed by atoms with van der Waals surface area (Å²) >= 11 is 4.91. The fourth-order valence-corrected chi connectivity index (χ4v) is 4.80. The number of aromatic nitrogens is 1. The average Bonchev–Trinajstić information content (AvgIpc) is 3.17. The number of nitrogens with zero attached hydrogens (tertiary/aromatic N) is 1. The molecule has 37 heavy (non-hydrogen) atoms. The largest absolute Gasteiger partial charge is 0.461 e. The van der Waals surface area contributed by atoms with E-state index in [2.05, 4.69) is 26.2 Å². The maximum Gasteiger partial charge on any atom is 0.408 e. The molecule has 0 saturated carbocycles. The minimum Gasteiger partial charge on any atom is -0.461 e. The fourth-order valence-electron chi connectivity index (χ4n) is 3.63. The smallest absolute Gasteiger partial charge is 0.408 e. The van der Waals surface area contributed by atoms with E-state index in [1.165, 1.54) is 17.4 Å². The molecule has 1 aliphatic rings. The molecule has 2 heterocycles. The van der Waals surface area contributed by atoms with Gasteiger partial charge in [0.05, 0.1) is 10.7 Å². The van der Waals surface area contributed by atoms with Crippen molar-refractivity contribution in [3.8, 4) is 0 Å². The van der Waals surface area contributed by atoms with Crippen molar-refractivity contribution in [1.29, 1.82) is 0 Å². The van der Waals surface area contributed by atoms with E-state index >= 15 is 0 Å². The monoisotopic (exact) mass is 596 g/mol. The molecule has 0 radical (unpaired) electrons. The first-order chi connectivity index (χ1) is 17.3. The van der Waals surface area contributed by atoms with Crippen molar-refractivity contribution in [2.45, 2.75) is 97.5 Å². The van der Waals surface area contributed by atoms with Crippen molar-refractivity contribution in [2.75, 3.05) is 0 Å². The molecule has 8 nitrogen and oxygen atoms in total. The Kier molecular flexibility index (Phi) is 12.0. The van der Waals surface area contributed by atoms with Crippen molar-refractivity contribution in [2.24, 2.45) is 0 Å². The molecule has 2 bridgehead atoms. The van der Waals surface area contributed by atoms with Crippen molar-refractivity contribution < 1.29 is 28.6 Å². The average molecular weight is 598 g/mol. The molecule has 1 amide bonds. The van der Waals surface area contributed by atoms with Crippen LogP contribution < -0.4 is 5.32 Å². The Labute approximate surface area is 231 Å². The van der Waals surface area contributed by atoms with Gasteiger partial charge in [-0.25, -0.2) is 19.4 Å². The Morgan fingerprint density at radius 3 is 2.68 bits per heavy atom. The summed E-state index contributed by atoms with van der Waals surface area (Å²) in [6.07, 6.45) is 7.59. The topological polar surface area (TPSA) is 104 Å². The maximum atomic E-state index is 13.0. The number of carbonyl (C=O) groups excluding carboxylic acids is 3. The zero-order valence-electron chi connectivity index (χ0n) is 22.3. The second-order valence-corrected chi connectivity index (χ2v) is 12.3. The van der Waals surface area contributed by atoms with Crippen LogP contribution in [0.4, 0.5) is 4.79 Å². The van der Waals surface area contributed by atoms with E-state index in [4.69, 9.17) is 14.2 Å². The zero-order chi connectivity index (χ0) is 27.6. The van der Waals surface area contributed by atoms with E-state index in [1.807, 2.05) is 25.3 Å². The molecule has 1 aromatic heterocycles. The first-order valence-corrected chi connectivity index (χ1v) is 14.0. The van der Waals surface area contributed by atoms with E-state index < -0.39 is 41.9 Å². The normalized spacial score (nSPS) is 25.3. The lowest BCUT2D eigenvalue weighted by atomic mass is 10.1. The highest BCUT2D eigenvalue weighted by atomic mass is 79.9. The van der Waals surface area contributed by atoms with Crippen LogP contribution in [0.2, 0.25) is 0 Å². The van der Waals surface area contributed by atoms with E-state index in [0.29, 0.717) is 32.1 Å². The third-order valence-corrected chi connectivity index (χ3v) is 6.28. The quantitative estimate of drug-likeness (QED) is 0.332. The van der Waals surface area contributed by atoms with Crippen molar-refractivity contribution in [3.05, 3.63) is 50.4 Å². The number of ether oxygens (including phenoxy) is 3. The second kappa shape index (κ2) is 14.5. The molecule has 0 aromatic carbocycles. The van der Waals surface area contributed by atoms with Gasteiger partial charge in [-0.15, -0.1) is 11.3 Å². The van der Waals surface area contributed by atoms with Gasteiger partial charge in [-0.2, -0.15) is 0 Å². The predicted molar refractivity (Wildman–Crippen MR) is 148 cm³/mol. The van der Waals surface area contributed by atoms with Crippen LogP contribution in [0.5, 0.6) is 0 Å². The van der Waals surface area contributed by atoms with Crippen LogP contribution in [0, 0.1) is 0 Å². The standard InChI is InChI=1S/C27H37BrN2O6S/c1-17-9-7-12-24(31)35-21(14-18(2)28)15-23-29-20(16-37-23)10-8-11-22(25(32)34-19(3)13-17)30-26(33)36-27(4,5)6/h7,9,12,14,16,19,21-22H,8,10-11,13,15H2,1-6H3,(H,30,33)/b12-7-,17-9+,18-14+/t19-,21+,22-/m0/s1. The lowest BCUT2D eigenvalue weighted by Crippen LogP contribution is -2.45. The number of halogens is 1. The highest BCUT2D eigenvalue weighted by molar-refractivity contribution is 9.11. The molecule has 0 fully saturated rings. The van der Waals surface area contributed by atoms with Gasteiger partial charge in [0.15, 0.2) is 0 Å². The third-order valence-electron chi connectivity index (χ3n) is 5.10. The number of aryl methyl sites for hydroxylation is 1. The van der Waals surface area contributed by atoms with Gasteiger partial charge in [-0.3, -0.25) is 0 Å². The van der Waals surface area contributed by atoms with Gasteiger partial charge in [-0.1, -0.05) is 33.7 Å². The van der Waals surface area contributed by atoms with Crippen LogP contribution in [-0.4, -0.2) is 46.9 Å². The minimum absolute atomic E-state index is 0.376. The molecule has 204 valence electrons. The molecule has 2 rings (SSSR count). The van der Waals surface area contributed by atoms with E-state index in [-0.39, 0.29) is 0 Å². The van der Waals surface area contributed by atoms with Crippen molar-refractivity contribution in [1.82, 2.24) is 10.3 Å². The van der Waals surface area contributed by atoms with E-state index in [9.17, 15) is 14.4 Å². The summed E-state index contributed by atoms with van der Waals surface area (Å²) in [6, 6.07) is -0.843. The SMILES string of the molecule is C/C(Br)=C\[C@@H]1Cc2nc(cs2)CCC[C@H](NC(=O)OC(C)(C)C)C(=O)O[C@@H](C)C/C(C)=C/C=C\C(=O)O1. The van der Waals surface area contributed by atoms with E-state index in [0.717, 1.165) is 20.8 Å². The summed E-state index contributed by atoms with van der Waals surface area (Å²) in [4.78, 5) is 42.4. The number of hydrogen-bond acceptors (Lipinski definition) is 8. The number of fused-ring (bicyclic) bond motifs is 2. The Bertz CT molecular complexity index is 1040. The van der Waals surface area contributed by atoms with Gasteiger partial charge in [0.25, 0.3) is 0 Å². The summed E-state index contributed by atoms with van der Waals surface area (Å²) < 4.78 is 17.5. The molecule has 1 aliphatic heterocycles. The van der Waals surface area contributed by atoms with Gasteiger partial charge in [-0.05, 0) is 71.4 Å². The van der Waals surface area contributed by atoms with Crippen LogP contribution in [0.1, 0.15) is 71.5 Å². The molecule has 0 unspecified atom stereocenters. The summed E-state index contributed by atoms with van der Waals surface area (Å²) in [7, 11) is 0. The van der Waals surface area contributed by atoms with Gasteiger partial charge < -0.3 is 19.5 Å². The molecule has 0 aliphatic carbocycles. The van der Waals surface area contributed by atoms with Crippen LogP contribution in [0.3, 0.4) is 0 Å². The number of allylic oxidation sites excluding steroid dienone is 3. The number of cyclic esters (lactones) is 2. The van der Waals surface area contributed by atoms with Gasteiger partial charge in [0.2, 0.25) is 0 Å². The third kappa shape index (κ3) is 12.6. The number of hydrogen-bond donors (Lipinski definition) is 1. The number of carbonyl (C=O) groups is 3. The number of alkyl carbamates (subject to hydrolysis) is 1. The summed E-state index contributed by atoms with van der Waals surface area (Å²) in [5.41, 5.74) is 1.11. The number of thiazole rings is 1. The van der Waals surface area contributed by atoms with E-state index in [1.54, 1.807) is 39.8 Å². The lowest BCUT2D eigenvalue weighted by molar-refractivity contribution is -0.151. The molecule has 0 saturated heterocycles. The van der Waals surface area contributed by atoms with Crippen LogP contribution in [0.25, 0.3) is 0 Å². The molecule has 0 spiro atoms. The molecule has 3 atom stereocenters. The Morgan fingerprint density at radius 2 is 2.00 bits per heavy atom. The van der Waals surface area contributed by atoms with Gasteiger partial charge in [0, 0.05) is 24.3 Å². The molecular formula is C27H37BrN2O6S. The predicted octanol–water partition coefficient (Wildman–Crippen LogP) is 5.95. The number of rotatable bonds is 2. The Hall–Kier alpha value is -2.46. The number of amides is 1. The molecular weight excluding hydrogens is 560 g/mol. The molecule has 1 N–H and O–H groups in total. The first kappa shape index (κ1) is 30.8. The summed E-state index contributed by atoms with van der Waals surface area (Å²) in [6.45, 7) is 10.8. The van der Waals surface area contributed by atoms with Gasteiger partial charge >= 0.3 is 18.0 Å². The molecule has 10 heteroatoms. The number of esters is 2. The summed E-state index contributed by atoms with van der Waals surface area (Å²) in [5, 5.41) is 5.47. The highest BCUT2D eigenvalue weighted by Gasteiger charge is 2.27. The van der Waals surface area contributed by atoms with Crippen LogP contribution in [0.15, 0.2) is 39.7 Å². The van der Waals surface area contributed by atoms with Gasteiger partial charge in [0.1, 0.15) is 23.9 Å². The fraction of sp³-hybridized carbons (Fsp3) is 0.556. The maximum absolute atomic E-state index is 13.0. The second-order valence-electron chi connectivity index (χ2n) is 10.1. The number of nitrogens with one attached hydrogen (secondary N) is 1.